The second-order valence-corrected chi connectivity index (χ2v) is 4.24. The fraction of sp³-hybridized carbons (Fsp3) is 0.818. The Hall–Kier alpha value is -0.900. The molecule has 2 atom stereocenters. The predicted octanol–water partition coefficient (Wildman–Crippen LogP) is 0.849. The summed E-state index contributed by atoms with van der Waals surface area (Å²) < 4.78 is 4.59. The van der Waals surface area contributed by atoms with Gasteiger partial charge < -0.3 is 4.74 Å². The van der Waals surface area contributed by atoms with Crippen molar-refractivity contribution in [3.05, 3.63) is 0 Å². The number of nitrogens with zero attached hydrogens (tertiary/aromatic N) is 1. The Balaban J connectivity index is 2.41. The van der Waals surface area contributed by atoms with Gasteiger partial charge in [0.15, 0.2) is 0 Å². The van der Waals surface area contributed by atoms with E-state index in [2.05, 4.69) is 9.64 Å². The molecule has 0 bridgehead atoms. The van der Waals surface area contributed by atoms with Gasteiger partial charge in [-0.1, -0.05) is 6.92 Å². The monoisotopic (exact) mass is 213 g/mol. The summed E-state index contributed by atoms with van der Waals surface area (Å²) in [5, 5.41) is 0. The molecule has 4 nitrogen and oxygen atoms in total. The third-order valence-electron chi connectivity index (χ3n) is 3.01. The van der Waals surface area contributed by atoms with E-state index in [1.165, 1.54) is 7.11 Å². The van der Waals surface area contributed by atoms with Gasteiger partial charge in [0.05, 0.1) is 13.5 Å². The maximum atomic E-state index is 11.4. The minimum atomic E-state index is -0.188. The Morgan fingerprint density at radius 1 is 1.53 bits per heavy atom. The van der Waals surface area contributed by atoms with Gasteiger partial charge in [-0.05, 0) is 6.92 Å². The standard InChI is InChI=1S/C11H19NO3/c1-8-7-12(5-4-11(14)15-3)9(2)6-10(8)13/h8-9H,4-7H2,1-3H3/t8-,9+/m0/s1. The molecule has 0 aromatic rings. The molecule has 0 N–H and O–H groups in total. The minimum absolute atomic E-state index is 0.0962. The summed E-state index contributed by atoms with van der Waals surface area (Å²) in [6, 6.07) is 0.248. The molecular weight excluding hydrogens is 194 g/mol. The van der Waals surface area contributed by atoms with Crippen LogP contribution in [-0.4, -0.2) is 42.9 Å². The molecule has 0 radical (unpaired) electrons. The number of carbonyl (C=O) groups excluding carboxylic acids is 2. The number of hydrogen-bond donors (Lipinski definition) is 0. The van der Waals surface area contributed by atoms with E-state index < -0.39 is 0 Å². The summed E-state index contributed by atoms with van der Waals surface area (Å²) >= 11 is 0. The van der Waals surface area contributed by atoms with Gasteiger partial charge in [0.1, 0.15) is 5.78 Å². The number of Topliss-reactive ketones (excluding diaryl/α,β-unsaturated/α-hetero) is 1. The quantitative estimate of drug-likeness (QED) is 0.652. The number of ether oxygens (including phenoxy) is 1. The molecule has 15 heavy (non-hydrogen) atoms. The smallest absolute Gasteiger partial charge is 0.306 e. The molecule has 1 fully saturated rings. The summed E-state index contributed by atoms with van der Waals surface area (Å²) in [6.45, 7) is 5.42. The lowest BCUT2D eigenvalue weighted by Gasteiger charge is -2.35. The van der Waals surface area contributed by atoms with Crippen LogP contribution in [0.15, 0.2) is 0 Å². The van der Waals surface area contributed by atoms with Crippen LogP contribution < -0.4 is 0 Å². The Kier molecular flexibility index (Phi) is 4.27. The van der Waals surface area contributed by atoms with Crippen LogP contribution in [0.4, 0.5) is 0 Å². The maximum absolute atomic E-state index is 11.4. The highest BCUT2D eigenvalue weighted by Gasteiger charge is 2.28. The summed E-state index contributed by atoms with van der Waals surface area (Å²) in [7, 11) is 1.40. The SMILES string of the molecule is COC(=O)CCN1C[C@H](C)C(=O)C[C@H]1C. The zero-order valence-electron chi connectivity index (χ0n) is 9.66. The van der Waals surface area contributed by atoms with Crippen molar-refractivity contribution in [2.75, 3.05) is 20.2 Å². The van der Waals surface area contributed by atoms with Gasteiger partial charge in [0, 0.05) is 31.5 Å². The van der Waals surface area contributed by atoms with Crippen molar-refractivity contribution in [3.63, 3.8) is 0 Å². The molecule has 0 saturated carbocycles. The second-order valence-electron chi connectivity index (χ2n) is 4.24. The van der Waals surface area contributed by atoms with Crippen LogP contribution in [0.1, 0.15) is 26.7 Å². The lowest BCUT2D eigenvalue weighted by Crippen LogP contribution is -2.46. The fourth-order valence-electron chi connectivity index (χ4n) is 1.90. The molecule has 0 spiro atoms. The van der Waals surface area contributed by atoms with Crippen molar-refractivity contribution >= 4 is 11.8 Å². The number of ketones is 1. The Labute approximate surface area is 90.6 Å². The number of esters is 1. The molecule has 4 heteroatoms. The summed E-state index contributed by atoms with van der Waals surface area (Å²) in [5.41, 5.74) is 0. The van der Waals surface area contributed by atoms with Gasteiger partial charge in [-0.2, -0.15) is 0 Å². The van der Waals surface area contributed by atoms with E-state index in [4.69, 9.17) is 0 Å². The van der Waals surface area contributed by atoms with Crippen molar-refractivity contribution < 1.29 is 14.3 Å². The normalized spacial score (nSPS) is 27.8. The Morgan fingerprint density at radius 3 is 2.80 bits per heavy atom. The van der Waals surface area contributed by atoms with E-state index in [9.17, 15) is 9.59 Å². The van der Waals surface area contributed by atoms with E-state index in [0.717, 1.165) is 6.54 Å². The highest BCUT2D eigenvalue weighted by atomic mass is 16.5. The first kappa shape index (κ1) is 12.2. The van der Waals surface area contributed by atoms with Gasteiger partial charge >= 0.3 is 5.97 Å². The molecule has 1 aliphatic heterocycles. The van der Waals surface area contributed by atoms with Crippen molar-refractivity contribution in [1.29, 1.82) is 0 Å². The van der Waals surface area contributed by atoms with Crippen LogP contribution in [0.5, 0.6) is 0 Å². The second kappa shape index (κ2) is 5.26. The number of likely N-dealkylation sites (tertiary alicyclic amines) is 1. The van der Waals surface area contributed by atoms with Crippen LogP contribution in [0.25, 0.3) is 0 Å². The molecule has 1 aliphatic rings. The molecule has 1 rings (SSSR count). The van der Waals surface area contributed by atoms with Crippen LogP contribution in [0, 0.1) is 5.92 Å². The topological polar surface area (TPSA) is 46.6 Å². The van der Waals surface area contributed by atoms with Gasteiger partial charge in [0.25, 0.3) is 0 Å². The predicted molar refractivity (Wildman–Crippen MR) is 56.5 cm³/mol. The van der Waals surface area contributed by atoms with Crippen molar-refractivity contribution in [2.45, 2.75) is 32.7 Å². The van der Waals surface area contributed by atoms with E-state index in [-0.39, 0.29) is 17.9 Å². The zero-order chi connectivity index (χ0) is 11.4. The van der Waals surface area contributed by atoms with Gasteiger partial charge in [0.2, 0.25) is 0 Å². The molecule has 1 heterocycles. The first-order valence-electron chi connectivity index (χ1n) is 5.38. The molecule has 1 saturated heterocycles. The highest BCUT2D eigenvalue weighted by Crippen LogP contribution is 2.18. The van der Waals surface area contributed by atoms with Crippen molar-refractivity contribution in [3.8, 4) is 0 Å². The van der Waals surface area contributed by atoms with Crippen molar-refractivity contribution in [1.82, 2.24) is 4.90 Å². The van der Waals surface area contributed by atoms with Crippen LogP contribution in [0.2, 0.25) is 0 Å². The van der Waals surface area contributed by atoms with Crippen LogP contribution in [0.3, 0.4) is 0 Å². The molecule has 0 unspecified atom stereocenters. The van der Waals surface area contributed by atoms with Gasteiger partial charge in [-0.25, -0.2) is 0 Å². The van der Waals surface area contributed by atoms with E-state index in [1.54, 1.807) is 0 Å². The van der Waals surface area contributed by atoms with E-state index in [1.807, 2.05) is 13.8 Å². The van der Waals surface area contributed by atoms with Crippen LogP contribution in [-0.2, 0) is 14.3 Å². The molecular formula is C11H19NO3. The number of hydrogen-bond acceptors (Lipinski definition) is 4. The van der Waals surface area contributed by atoms with E-state index >= 15 is 0 Å². The molecule has 0 aliphatic carbocycles. The maximum Gasteiger partial charge on any atom is 0.306 e. The largest absolute Gasteiger partial charge is 0.469 e. The lowest BCUT2D eigenvalue weighted by atomic mass is 9.93. The molecule has 86 valence electrons. The van der Waals surface area contributed by atoms with Crippen LogP contribution >= 0.6 is 0 Å². The van der Waals surface area contributed by atoms with Crippen molar-refractivity contribution in [2.24, 2.45) is 5.92 Å². The first-order valence-corrected chi connectivity index (χ1v) is 5.38. The molecule has 0 aromatic heterocycles. The molecule has 0 amide bonds. The summed E-state index contributed by atoms with van der Waals surface area (Å²) in [5.74, 6) is 0.238. The molecule has 0 aromatic carbocycles. The third kappa shape index (κ3) is 3.30. The van der Waals surface area contributed by atoms with Gasteiger partial charge in [-0.3, -0.25) is 14.5 Å². The fourth-order valence-corrected chi connectivity index (χ4v) is 1.90. The number of carbonyl (C=O) groups is 2. The number of piperidine rings is 1. The third-order valence-corrected chi connectivity index (χ3v) is 3.01. The Morgan fingerprint density at radius 2 is 2.20 bits per heavy atom. The Bertz CT molecular complexity index is 252. The summed E-state index contributed by atoms with van der Waals surface area (Å²) in [4.78, 5) is 24.6. The average Bonchev–Trinajstić information content (AvgIpc) is 2.21. The van der Waals surface area contributed by atoms with E-state index in [0.29, 0.717) is 25.2 Å². The highest BCUT2D eigenvalue weighted by molar-refractivity contribution is 5.82. The zero-order valence-corrected chi connectivity index (χ0v) is 9.66. The average molecular weight is 213 g/mol. The first-order chi connectivity index (χ1) is 7.04. The minimum Gasteiger partial charge on any atom is -0.469 e. The summed E-state index contributed by atoms with van der Waals surface area (Å²) in [6.07, 6.45) is 1.00. The number of methoxy groups -OCH3 is 1. The lowest BCUT2D eigenvalue weighted by molar-refractivity contribution is -0.141. The van der Waals surface area contributed by atoms with Gasteiger partial charge in [-0.15, -0.1) is 0 Å². The number of rotatable bonds is 3.